The van der Waals surface area contributed by atoms with E-state index < -0.39 is 0 Å². The van der Waals surface area contributed by atoms with Gasteiger partial charge in [-0.3, -0.25) is 4.90 Å². The molecule has 2 aromatic rings. The maximum absolute atomic E-state index is 6.58. The van der Waals surface area contributed by atoms with Gasteiger partial charge in [0.15, 0.2) is 0 Å². The van der Waals surface area contributed by atoms with Gasteiger partial charge < -0.3 is 5.32 Å². The zero-order valence-corrected chi connectivity index (χ0v) is 13.2. The summed E-state index contributed by atoms with van der Waals surface area (Å²) < 4.78 is 1.31. The topological polar surface area (TPSA) is 15.3 Å². The molecule has 2 aliphatic rings. The van der Waals surface area contributed by atoms with Crippen LogP contribution in [-0.2, 0) is 6.54 Å². The summed E-state index contributed by atoms with van der Waals surface area (Å²) in [5, 5.41) is 5.70. The average Bonchev–Trinajstić information content (AvgIpc) is 3.10. The molecule has 1 aromatic carbocycles. The lowest BCUT2D eigenvalue weighted by molar-refractivity contribution is 0.233. The molecule has 20 heavy (non-hydrogen) atoms. The van der Waals surface area contributed by atoms with Crippen LogP contribution in [0, 0.1) is 11.8 Å². The molecule has 2 aliphatic heterocycles. The van der Waals surface area contributed by atoms with E-state index in [0.717, 1.165) is 23.4 Å². The van der Waals surface area contributed by atoms with Gasteiger partial charge in [-0.15, -0.1) is 11.3 Å². The van der Waals surface area contributed by atoms with Crippen LogP contribution in [0.25, 0.3) is 10.1 Å². The first kappa shape index (κ1) is 13.1. The molecule has 1 N–H and O–H groups in total. The Morgan fingerprint density at radius 2 is 2.20 bits per heavy atom. The van der Waals surface area contributed by atoms with Crippen LogP contribution in [0.2, 0.25) is 5.02 Å². The smallest absolute Gasteiger partial charge is 0.0637 e. The summed E-state index contributed by atoms with van der Waals surface area (Å²) >= 11 is 8.43. The van der Waals surface area contributed by atoms with Gasteiger partial charge in [0.2, 0.25) is 0 Å². The third-order valence-electron chi connectivity index (χ3n) is 5.00. The Labute approximate surface area is 128 Å². The summed E-state index contributed by atoms with van der Waals surface area (Å²) in [6.07, 6.45) is 0. The Morgan fingerprint density at radius 3 is 3.00 bits per heavy atom. The molecule has 1 aromatic heterocycles. The number of nitrogens with zero attached hydrogens (tertiary/aromatic N) is 1. The molecule has 106 valence electrons. The number of halogens is 1. The molecule has 2 saturated heterocycles. The molecule has 0 saturated carbocycles. The zero-order chi connectivity index (χ0) is 13.7. The van der Waals surface area contributed by atoms with Crippen LogP contribution in [-0.4, -0.2) is 30.6 Å². The number of benzene rings is 1. The highest BCUT2D eigenvalue weighted by Gasteiger charge is 2.41. The van der Waals surface area contributed by atoms with Crippen molar-refractivity contribution >= 4 is 33.0 Å². The van der Waals surface area contributed by atoms with E-state index in [9.17, 15) is 0 Å². The summed E-state index contributed by atoms with van der Waals surface area (Å²) in [4.78, 5) is 3.94. The summed E-state index contributed by atoms with van der Waals surface area (Å²) in [5.74, 6) is 1.65. The summed E-state index contributed by atoms with van der Waals surface area (Å²) in [6, 6.07) is 9.12. The van der Waals surface area contributed by atoms with E-state index in [4.69, 9.17) is 11.6 Å². The minimum absolute atomic E-state index is 0.663. The molecule has 0 spiro atoms. The molecule has 3 heterocycles. The Kier molecular flexibility index (Phi) is 3.26. The van der Waals surface area contributed by atoms with Crippen LogP contribution < -0.4 is 5.32 Å². The maximum atomic E-state index is 6.58. The van der Waals surface area contributed by atoms with Gasteiger partial charge in [-0.2, -0.15) is 0 Å². The maximum Gasteiger partial charge on any atom is 0.0637 e. The van der Waals surface area contributed by atoms with Gasteiger partial charge in [0.05, 0.1) is 5.02 Å². The first-order chi connectivity index (χ1) is 9.74. The van der Waals surface area contributed by atoms with Gasteiger partial charge in [0, 0.05) is 34.1 Å². The first-order valence-corrected chi connectivity index (χ1v) is 8.54. The van der Waals surface area contributed by atoms with E-state index in [-0.39, 0.29) is 0 Å². The highest BCUT2D eigenvalue weighted by atomic mass is 35.5. The van der Waals surface area contributed by atoms with E-state index in [2.05, 4.69) is 41.4 Å². The predicted molar refractivity (Wildman–Crippen MR) is 86.6 cm³/mol. The van der Waals surface area contributed by atoms with E-state index in [1.165, 1.54) is 34.6 Å². The standard InChI is InChI=1S/C16H19ClN2S/c1-10-13-7-18-6-11(13)8-19(10)9-15-16(17)12-4-2-3-5-14(12)20-15/h2-5,10-11,13,18H,6-9H2,1H3. The minimum Gasteiger partial charge on any atom is -0.316 e. The Hall–Kier alpha value is -0.610. The molecular weight excluding hydrogens is 288 g/mol. The van der Waals surface area contributed by atoms with Gasteiger partial charge in [0.25, 0.3) is 0 Å². The van der Waals surface area contributed by atoms with Crippen LogP contribution >= 0.6 is 22.9 Å². The van der Waals surface area contributed by atoms with Crippen LogP contribution in [0.15, 0.2) is 24.3 Å². The van der Waals surface area contributed by atoms with Crippen LogP contribution in [0.1, 0.15) is 11.8 Å². The predicted octanol–water partition coefficient (Wildman–Crippen LogP) is 3.59. The molecule has 3 unspecified atom stereocenters. The van der Waals surface area contributed by atoms with E-state index in [1.54, 1.807) is 0 Å². The lowest BCUT2D eigenvalue weighted by Gasteiger charge is -2.23. The zero-order valence-electron chi connectivity index (χ0n) is 11.6. The second-order valence-corrected chi connectivity index (χ2v) is 7.60. The number of fused-ring (bicyclic) bond motifs is 2. The van der Waals surface area contributed by atoms with Crippen LogP contribution in [0.5, 0.6) is 0 Å². The van der Waals surface area contributed by atoms with Gasteiger partial charge >= 0.3 is 0 Å². The van der Waals surface area contributed by atoms with Gasteiger partial charge in [-0.05, 0) is 37.9 Å². The van der Waals surface area contributed by atoms with Crippen molar-refractivity contribution in [1.29, 1.82) is 0 Å². The molecule has 4 heteroatoms. The largest absolute Gasteiger partial charge is 0.316 e. The lowest BCUT2D eigenvalue weighted by atomic mass is 9.95. The molecule has 2 nitrogen and oxygen atoms in total. The van der Waals surface area contributed by atoms with Gasteiger partial charge in [-0.25, -0.2) is 0 Å². The fourth-order valence-corrected chi connectivity index (χ4v) is 5.33. The summed E-state index contributed by atoms with van der Waals surface area (Å²) in [5.41, 5.74) is 0. The summed E-state index contributed by atoms with van der Waals surface area (Å²) in [7, 11) is 0. The van der Waals surface area contributed by atoms with Crippen molar-refractivity contribution in [3.63, 3.8) is 0 Å². The second-order valence-electron chi connectivity index (χ2n) is 6.09. The van der Waals surface area contributed by atoms with Crippen molar-refractivity contribution in [3.05, 3.63) is 34.2 Å². The van der Waals surface area contributed by atoms with Crippen molar-refractivity contribution in [2.24, 2.45) is 11.8 Å². The highest BCUT2D eigenvalue weighted by Crippen LogP contribution is 2.39. The number of thiophene rings is 1. The molecular formula is C16H19ClN2S. The van der Waals surface area contributed by atoms with Crippen molar-refractivity contribution < 1.29 is 0 Å². The number of nitrogens with one attached hydrogen (secondary N) is 1. The van der Waals surface area contributed by atoms with E-state index in [1.807, 2.05) is 11.3 Å². The molecule has 0 amide bonds. The van der Waals surface area contributed by atoms with Crippen molar-refractivity contribution in [3.8, 4) is 0 Å². The number of likely N-dealkylation sites (tertiary alicyclic amines) is 1. The number of hydrogen-bond donors (Lipinski definition) is 1. The molecule has 2 fully saturated rings. The van der Waals surface area contributed by atoms with E-state index in [0.29, 0.717) is 6.04 Å². The average molecular weight is 307 g/mol. The monoisotopic (exact) mass is 306 g/mol. The number of rotatable bonds is 2. The van der Waals surface area contributed by atoms with Crippen molar-refractivity contribution in [2.45, 2.75) is 19.5 Å². The molecule has 0 aliphatic carbocycles. The second kappa shape index (κ2) is 4.99. The third-order valence-corrected chi connectivity index (χ3v) is 6.70. The van der Waals surface area contributed by atoms with Gasteiger partial charge in [-0.1, -0.05) is 29.8 Å². The SMILES string of the molecule is CC1C2CNCC2CN1Cc1sc2ccccc2c1Cl. The van der Waals surface area contributed by atoms with Crippen molar-refractivity contribution in [1.82, 2.24) is 10.2 Å². The van der Waals surface area contributed by atoms with Crippen LogP contribution in [0.4, 0.5) is 0 Å². The summed E-state index contributed by atoms with van der Waals surface area (Å²) in [6.45, 7) is 6.96. The molecule has 3 atom stereocenters. The Balaban J connectivity index is 1.60. The molecule has 4 rings (SSSR count). The normalized spacial score (nSPS) is 30.2. The fourth-order valence-electron chi connectivity index (χ4n) is 3.82. The lowest BCUT2D eigenvalue weighted by Crippen LogP contribution is -2.32. The number of hydrogen-bond acceptors (Lipinski definition) is 3. The minimum atomic E-state index is 0.663. The van der Waals surface area contributed by atoms with Crippen molar-refractivity contribution in [2.75, 3.05) is 19.6 Å². The Bertz CT molecular complexity index is 638. The fraction of sp³-hybridized carbons (Fsp3) is 0.500. The van der Waals surface area contributed by atoms with E-state index >= 15 is 0 Å². The third kappa shape index (κ3) is 2.00. The van der Waals surface area contributed by atoms with Gasteiger partial charge in [0.1, 0.15) is 0 Å². The Morgan fingerprint density at radius 1 is 1.35 bits per heavy atom. The highest BCUT2D eigenvalue weighted by molar-refractivity contribution is 7.19. The molecule has 0 bridgehead atoms. The van der Waals surface area contributed by atoms with Crippen LogP contribution in [0.3, 0.4) is 0 Å². The quantitative estimate of drug-likeness (QED) is 0.912. The first-order valence-electron chi connectivity index (χ1n) is 7.34. The molecule has 0 radical (unpaired) electrons.